The lowest BCUT2D eigenvalue weighted by Gasteiger charge is -2.12. The van der Waals surface area contributed by atoms with Gasteiger partial charge >= 0.3 is 0 Å². The van der Waals surface area contributed by atoms with Crippen molar-refractivity contribution in [3.8, 4) is 11.3 Å². The highest BCUT2D eigenvalue weighted by Crippen LogP contribution is 2.23. The van der Waals surface area contributed by atoms with Gasteiger partial charge in [-0.05, 0) is 24.3 Å². The standard InChI is InChI=1S/C15H14BrN3/c1-18(2)13-5-3-11(4-6-13)14-10-19-8-7-12(16)9-15(19)17-14/h3-10H,1-2H3. The number of imidazole rings is 1. The molecule has 1 aromatic carbocycles. The summed E-state index contributed by atoms with van der Waals surface area (Å²) in [5.74, 6) is 0. The molecule has 0 saturated carbocycles. The molecule has 0 fully saturated rings. The normalized spacial score (nSPS) is 10.9. The number of benzene rings is 1. The molecule has 19 heavy (non-hydrogen) atoms. The van der Waals surface area contributed by atoms with E-state index in [1.807, 2.05) is 43.0 Å². The van der Waals surface area contributed by atoms with E-state index in [1.54, 1.807) is 0 Å². The summed E-state index contributed by atoms with van der Waals surface area (Å²) in [5.41, 5.74) is 4.25. The Kier molecular flexibility index (Phi) is 3.03. The van der Waals surface area contributed by atoms with E-state index < -0.39 is 0 Å². The molecule has 0 aliphatic carbocycles. The minimum Gasteiger partial charge on any atom is -0.378 e. The second-order valence-electron chi connectivity index (χ2n) is 4.68. The molecule has 96 valence electrons. The third-order valence-corrected chi connectivity index (χ3v) is 3.59. The summed E-state index contributed by atoms with van der Waals surface area (Å²) in [6, 6.07) is 12.4. The Balaban J connectivity index is 2.03. The Labute approximate surface area is 120 Å². The summed E-state index contributed by atoms with van der Waals surface area (Å²) in [5, 5.41) is 0. The van der Waals surface area contributed by atoms with Gasteiger partial charge in [0.25, 0.3) is 0 Å². The van der Waals surface area contributed by atoms with Gasteiger partial charge in [0.1, 0.15) is 5.65 Å². The SMILES string of the molecule is CN(C)c1ccc(-c2cn3ccc(Br)cc3n2)cc1. The highest BCUT2D eigenvalue weighted by molar-refractivity contribution is 9.10. The summed E-state index contributed by atoms with van der Waals surface area (Å²) < 4.78 is 3.07. The number of hydrogen-bond donors (Lipinski definition) is 0. The van der Waals surface area contributed by atoms with E-state index in [0.29, 0.717) is 0 Å². The summed E-state index contributed by atoms with van der Waals surface area (Å²) >= 11 is 3.46. The lowest BCUT2D eigenvalue weighted by Crippen LogP contribution is -2.07. The third-order valence-electron chi connectivity index (χ3n) is 3.10. The van der Waals surface area contributed by atoms with Crippen LogP contribution in [-0.2, 0) is 0 Å². The predicted molar refractivity (Wildman–Crippen MR) is 82.7 cm³/mol. The molecular weight excluding hydrogens is 302 g/mol. The minimum atomic E-state index is 0.945. The first-order valence-corrected chi connectivity index (χ1v) is 6.85. The maximum absolute atomic E-state index is 4.64. The summed E-state index contributed by atoms with van der Waals surface area (Å²) in [6.45, 7) is 0. The second kappa shape index (κ2) is 4.70. The van der Waals surface area contributed by atoms with Gasteiger partial charge in [0.15, 0.2) is 0 Å². The highest BCUT2D eigenvalue weighted by Gasteiger charge is 2.05. The van der Waals surface area contributed by atoms with Gasteiger partial charge in [-0.25, -0.2) is 4.98 Å². The van der Waals surface area contributed by atoms with Crippen molar-refractivity contribution in [2.24, 2.45) is 0 Å². The lowest BCUT2D eigenvalue weighted by molar-refractivity contribution is 1.13. The molecule has 3 nitrogen and oxygen atoms in total. The number of fused-ring (bicyclic) bond motifs is 1. The Hall–Kier alpha value is -1.81. The molecule has 0 amide bonds. The summed E-state index contributed by atoms with van der Waals surface area (Å²) in [6.07, 6.45) is 4.05. The maximum atomic E-state index is 4.64. The molecular formula is C15H14BrN3. The van der Waals surface area contributed by atoms with Gasteiger partial charge in [-0.2, -0.15) is 0 Å². The zero-order chi connectivity index (χ0) is 13.4. The van der Waals surface area contributed by atoms with Gasteiger partial charge in [-0.3, -0.25) is 0 Å². The van der Waals surface area contributed by atoms with Crippen LogP contribution < -0.4 is 4.90 Å². The quantitative estimate of drug-likeness (QED) is 0.716. The second-order valence-corrected chi connectivity index (χ2v) is 5.59. The first-order valence-electron chi connectivity index (χ1n) is 6.05. The van der Waals surface area contributed by atoms with Gasteiger partial charge < -0.3 is 9.30 Å². The van der Waals surface area contributed by atoms with Crippen molar-refractivity contribution in [1.82, 2.24) is 9.38 Å². The molecule has 3 rings (SSSR count). The van der Waals surface area contributed by atoms with Gasteiger partial charge in [-0.15, -0.1) is 0 Å². The number of pyridine rings is 1. The fourth-order valence-electron chi connectivity index (χ4n) is 2.03. The largest absolute Gasteiger partial charge is 0.378 e. The minimum absolute atomic E-state index is 0.945. The number of rotatable bonds is 2. The van der Waals surface area contributed by atoms with Crippen molar-refractivity contribution in [2.45, 2.75) is 0 Å². The molecule has 0 radical (unpaired) electrons. The van der Waals surface area contributed by atoms with Crippen LogP contribution in [0.15, 0.2) is 53.3 Å². The molecule has 2 heterocycles. The zero-order valence-electron chi connectivity index (χ0n) is 10.8. The van der Waals surface area contributed by atoms with Crippen molar-refractivity contribution in [3.63, 3.8) is 0 Å². The molecule has 0 N–H and O–H groups in total. The molecule has 0 unspecified atom stereocenters. The highest BCUT2D eigenvalue weighted by atomic mass is 79.9. The van der Waals surface area contributed by atoms with E-state index in [4.69, 9.17) is 0 Å². The molecule has 0 spiro atoms. The number of halogens is 1. The van der Waals surface area contributed by atoms with Crippen LogP contribution in [0.1, 0.15) is 0 Å². The van der Waals surface area contributed by atoms with E-state index >= 15 is 0 Å². The van der Waals surface area contributed by atoms with Crippen LogP contribution in [0.2, 0.25) is 0 Å². The first-order chi connectivity index (χ1) is 9.13. The molecule has 0 aliphatic rings. The van der Waals surface area contributed by atoms with Crippen molar-refractivity contribution >= 4 is 27.3 Å². The Morgan fingerprint density at radius 3 is 2.53 bits per heavy atom. The fourth-order valence-corrected chi connectivity index (χ4v) is 2.35. The molecule has 2 aromatic heterocycles. The lowest BCUT2D eigenvalue weighted by atomic mass is 10.1. The summed E-state index contributed by atoms with van der Waals surface area (Å²) in [4.78, 5) is 6.73. The van der Waals surface area contributed by atoms with E-state index in [0.717, 1.165) is 21.4 Å². The van der Waals surface area contributed by atoms with Gasteiger partial charge in [0.05, 0.1) is 5.69 Å². The van der Waals surface area contributed by atoms with Gasteiger partial charge in [0.2, 0.25) is 0 Å². The third kappa shape index (κ3) is 2.36. The molecule has 0 aliphatic heterocycles. The van der Waals surface area contributed by atoms with Crippen molar-refractivity contribution in [2.75, 3.05) is 19.0 Å². The maximum Gasteiger partial charge on any atom is 0.138 e. The van der Waals surface area contributed by atoms with Crippen molar-refractivity contribution in [1.29, 1.82) is 0 Å². The fraction of sp³-hybridized carbons (Fsp3) is 0.133. The van der Waals surface area contributed by atoms with Crippen LogP contribution in [0.3, 0.4) is 0 Å². The molecule has 4 heteroatoms. The van der Waals surface area contributed by atoms with Crippen LogP contribution in [0.5, 0.6) is 0 Å². The van der Waals surface area contributed by atoms with Crippen LogP contribution in [0, 0.1) is 0 Å². The van der Waals surface area contributed by atoms with Crippen LogP contribution in [0.4, 0.5) is 5.69 Å². The summed E-state index contributed by atoms with van der Waals surface area (Å²) in [7, 11) is 4.08. The van der Waals surface area contributed by atoms with Gasteiger partial charge in [0, 0.05) is 42.2 Å². The number of hydrogen-bond acceptors (Lipinski definition) is 2. The average Bonchev–Trinajstić information content (AvgIpc) is 2.81. The molecule has 0 saturated heterocycles. The average molecular weight is 316 g/mol. The van der Waals surface area contributed by atoms with E-state index in [-0.39, 0.29) is 0 Å². The van der Waals surface area contributed by atoms with Crippen LogP contribution in [0.25, 0.3) is 16.9 Å². The predicted octanol–water partition coefficient (Wildman–Crippen LogP) is 3.83. The Morgan fingerprint density at radius 2 is 1.84 bits per heavy atom. The zero-order valence-corrected chi connectivity index (χ0v) is 12.4. The monoisotopic (exact) mass is 315 g/mol. The Morgan fingerprint density at radius 1 is 1.11 bits per heavy atom. The number of anilines is 1. The van der Waals surface area contributed by atoms with Crippen molar-refractivity contribution < 1.29 is 0 Å². The van der Waals surface area contributed by atoms with Gasteiger partial charge in [-0.1, -0.05) is 28.1 Å². The number of aromatic nitrogens is 2. The Bertz CT molecular complexity index is 714. The van der Waals surface area contributed by atoms with Crippen molar-refractivity contribution in [3.05, 3.63) is 53.3 Å². The van der Waals surface area contributed by atoms with E-state index in [9.17, 15) is 0 Å². The first kappa shape index (κ1) is 12.2. The number of nitrogens with zero attached hydrogens (tertiary/aromatic N) is 3. The molecule has 0 atom stereocenters. The molecule has 3 aromatic rings. The van der Waals surface area contributed by atoms with E-state index in [1.165, 1.54) is 5.69 Å². The van der Waals surface area contributed by atoms with Crippen LogP contribution >= 0.6 is 15.9 Å². The molecule has 0 bridgehead atoms. The topological polar surface area (TPSA) is 20.5 Å². The van der Waals surface area contributed by atoms with E-state index in [2.05, 4.69) is 50.1 Å². The smallest absolute Gasteiger partial charge is 0.138 e. The van der Waals surface area contributed by atoms with Crippen LogP contribution in [-0.4, -0.2) is 23.5 Å².